The molecule has 1 heterocycles. The second-order valence-electron chi connectivity index (χ2n) is 5.99. The van der Waals surface area contributed by atoms with Crippen molar-refractivity contribution in [3.63, 3.8) is 0 Å². The lowest BCUT2D eigenvalue weighted by atomic mass is 9.90. The molecule has 1 aromatic carbocycles. The van der Waals surface area contributed by atoms with Crippen LogP contribution in [-0.2, 0) is 11.2 Å². The van der Waals surface area contributed by atoms with Gasteiger partial charge in [-0.1, -0.05) is 17.7 Å². The van der Waals surface area contributed by atoms with Crippen LogP contribution in [0.2, 0.25) is 0 Å². The Morgan fingerprint density at radius 3 is 2.75 bits per heavy atom. The van der Waals surface area contributed by atoms with Gasteiger partial charge < -0.3 is 5.32 Å². The number of anilines is 1. The number of hydrogen-bond acceptors (Lipinski definition) is 4. The number of hydrogen-bond donors (Lipinski definition) is 2. The monoisotopic (exact) mass is 343 g/mol. The minimum Gasteiger partial charge on any atom is -0.356 e. The third-order valence-electron chi connectivity index (χ3n) is 4.16. The van der Waals surface area contributed by atoms with E-state index < -0.39 is 0 Å². The fraction of sp³-hybridized carbons (Fsp3) is 0.389. The largest absolute Gasteiger partial charge is 0.356 e. The van der Waals surface area contributed by atoms with Gasteiger partial charge in [0.15, 0.2) is 5.13 Å². The van der Waals surface area contributed by atoms with E-state index in [1.165, 1.54) is 11.3 Å². The van der Waals surface area contributed by atoms with Crippen LogP contribution in [0.4, 0.5) is 5.13 Å². The zero-order valence-corrected chi connectivity index (χ0v) is 14.7. The minimum atomic E-state index is -0.199. The molecule has 1 aromatic heterocycles. The standard InChI is InChI=1S/C18H21N3O2S/c1-3-19-17(23)13-5-4-6-14-15(13)20-18(24-14)21-16(22)12-9-7-11(2)8-10-12/h7-10,13H,3-6H2,1-2H3,(H,19,23)(H,20,21,22). The van der Waals surface area contributed by atoms with E-state index in [0.717, 1.165) is 35.4 Å². The van der Waals surface area contributed by atoms with Gasteiger partial charge in [-0.25, -0.2) is 4.98 Å². The first kappa shape index (κ1) is 16.6. The first-order chi connectivity index (χ1) is 11.6. The molecule has 0 aliphatic heterocycles. The van der Waals surface area contributed by atoms with Crippen LogP contribution in [0.5, 0.6) is 0 Å². The SMILES string of the molecule is CCNC(=O)C1CCCc2sc(NC(=O)c3ccc(C)cc3)nc21. The number of nitrogens with zero attached hydrogens (tertiary/aromatic N) is 1. The molecule has 5 nitrogen and oxygen atoms in total. The topological polar surface area (TPSA) is 71.1 Å². The summed E-state index contributed by atoms with van der Waals surface area (Å²) in [5.41, 5.74) is 2.55. The Bertz CT molecular complexity index is 752. The number of aromatic nitrogens is 1. The summed E-state index contributed by atoms with van der Waals surface area (Å²) in [6, 6.07) is 7.42. The third kappa shape index (κ3) is 3.48. The van der Waals surface area contributed by atoms with E-state index in [9.17, 15) is 9.59 Å². The second kappa shape index (κ2) is 7.13. The van der Waals surface area contributed by atoms with Crippen molar-refractivity contribution in [2.45, 2.75) is 39.0 Å². The summed E-state index contributed by atoms with van der Waals surface area (Å²) in [6.45, 7) is 4.51. The maximum Gasteiger partial charge on any atom is 0.257 e. The number of benzene rings is 1. The number of rotatable bonds is 4. The molecule has 24 heavy (non-hydrogen) atoms. The highest BCUT2D eigenvalue weighted by Gasteiger charge is 2.30. The Labute approximate surface area is 145 Å². The van der Waals surface area contributed by atoms with Crippen LogP contribution in [0.15, 0.2) is 24.3 Å². The summed E-state index contributed by atoms with van der Waals surface area (Å²) in [7, 11) is 0. The zero-order valence-electron chi connectivity index (χ0n) is 13.9. The number of carbonyl (C=O) groups is 2. The van der Waals surface area contributed by atoms with Crippen molar-refractivity contribution in [2.24, 2.45) is 0 Å². The molecule has 1 atom stereocenters. The molecule has 2 aromatic rings. The summed E-state index contributed by atoms with van der Waals surface area (Å²) in [5, 5.41) is 6.31. The predicted octanol–water partition coefficient (Wildman–Crippen LogP) is 3.26. The van der Waals surface area contributed by atoms with E-state index in [-0.39, 0.29) is 17.7 Å². The van der Waals surface area contributed by atoms with E-state index in [0.29, 0.717) is 17.2 Å². The Hall–Kier alpha value is -2.21. The quantitative estimate of drug-likeness (QED) is 0.895. The molecule has 2 N–H and O–H groups in total. The summed E-state index contributed by atoms with van der Waals surface area (Å²) in [4.78, 5) is 30.2. The molecule has 0 saturated carbocycles. The molecule has 1 aliphatic rings. The van der Waals surface area contributed by atoms with Gasteiger partial charge in [0.1, 0.15) is 0 Å². The van der Waals surface area contributed by atoms with E-state index in [4.69, 9.17) is 0 Å². The molecule has 3 rings (SSSR count). The predicted molar refractivity (Wildman–Crippen MR) is 95.6 cm³/mol. The second-order valence-corrected chi connectivity index (χ2v) is 7.07. The molecule has 0 spiro atoms. The average molecular weight is 343 g/mol. The Kier molecular flexibility index (Phi) is 4.94. The first-order valence-electron chi connectivity index (χ1n) is 8.23. The van der Waals surface area contributed by atoms with Gasteiger partial charge in [-0.3, -0.25) is 14.9 Å². The lowest BCUT2D eigenvalue weighted by molar-refractivity contribution is -0.122. The van der Waals surface area contributed by atoms with Crippen LogP contribution in [0.25, 0.3) is 0 Å². The highest BCUT2D eigenvalue weighted by molar-refractivity contribution is 7.15. The normalized spacial score (nSPS) is 16.3. The van der Waals surface area contributed by atoms with Gasteiger partial charge >= 0.3 is 0 Å². The smallest absolute Gasteiger partial charge is 0.257 e. The molecule has 0 bridgehead atoms. The van der Waals surface area contributed by atoms with Crippen LogP contribution in [0, 0.1) is 6.92 Å². The van der Waals surface area contributed by atoms with E-state index in [1.807, 2.05) is 26.0 Å². The van der Waals surface area contributed by atoms with Gasteiger partial charge in [-0.2, -0.15) is 0 Å². The van der Waals surface area contributed by atoms with Gasteiger partial charge in [0, 0.05) is 17.0 Å². The minimum absolute atomic E-state index is 0.0279. The lowest BCUT2D eigenvalue weighted by Crippen LogP contribution is -2.31. The fourth-order valence-corrected chi connectivity index (χ4v) is 3.96. The van der Waals surface area contributed by atoms with Gasteiger partial charge in [0.25, 0.3) is 5.91 Å². The highest BCUT2D eigenvalue weighted by Crippen LogP contribution is 2.36. The number of thiazole rings is 1. The average Bonchev–Trinajstić information content (AvgIpc) is 2.97. The van der Waals surface area contributed by atoms with Crippen molar-refractivity contribution < 1.29 is 9.59 Å². The molecule has 1 unspecified atom stereocenters. The molecule has 6 heteroatoms. The number of fused-ring (bicyclic) bond motifs is 1. The summed E-state index contributed by atoms with van der Waals surface area (Å²) in [6.07, 6.45) is 2.71. The van der Waals surface area contributed by atoms with Crippen molar-refractivity contribution >= 4 is 28.3 Å². The Balaban J connectivity index is 1.77. The maximum atomic E-state index is 12.3. The number of amides is 2. The Morgan fingerprint density at radius 2 is 2.04 bits per heavy atom. The third-order valence-corrected chi connectivity index (χ3v) is 5.20. The Morgan fingerprint density at radius 1 is 1.29 bits per heavy atom. The van der Waals surface area contributed by atoms with Crippen LogP contribution in [0.1, 0.15) is 52.2 Å². The molecular weight excluding hydrogens is 322 g/mol. The van der Waals surface area contributed by atoms with Crippen molar-refractivity contribution in [2.75, 3.05) is 11.9 Å². The molecule has 0 saturated heterocycles. The highest BCUT2D eigenvalue weighted by atomic mass is 32.1. The molecule has 0 fully saturated rings. The summed E-state index contributed by atoms with van der Waals surface area (Å²) < 4.78 is 0. The fourth-order valence-electron chi connectivity index (χ4n) is 2.90. The number of aryl methyl sites for hydroxylation is 2. The van der Waals surface area contributed by atoms with E-state index in [1.54, 1.807) is 12.1 Å². The van der Waals surface area contributed by atoms with Crippen LogP contribution in [-0.4, -0.2) is 23.3 Å². The lowest BCUT2D eigenvalue weighted by Gasteiger charge is -2.19. The van der Waals surface area contributed by atoms with Crippen molar-refractivity contribution in [3.8, 4) is 0 Å². The molecule has 2 amide bonds. The van der Waals surface area contributed by atoms with E-state index >= 15 is 0 Å². The van der Waals surface area contributed by atoms with Crippen molar-refractivity contribution in [3.05, 3.63) is 46.0 Å². The number of carbonyl (C=O) groups excluding carboxylic acids is 2. The number of likely N-dealkylation sites (N-methyl/N-ethyl adjacent to an activating group) is 1. The molecule has 126 valence electrons. The van der Waals surface area contributed by atoms with Crippen LogP contribution < -0.4 is 10.6 Å². The summed E-state index contributed by atoms with van der Waals surface area (Å²) in [5.74, 6) is -0.342. The molecule has 0 radical (unpaired) electrons. The van der Waals surface area contributed by atoms with Gasteiger partial charge in [0.2, 0.25) is 5.91 Å². The van der Waals surface area contributed by atoms with Crippen molar-refractivity contribution in [1.82, 2.24) is 10.3 Å². The van der Waals surface area contributed by atoms with Crippen molar-refractivity contribution in [1.29, 1.82) is 0 Å². The molecule has 1 aliphatic carbocycles. The first-order valence-corrected chi connectivity index (χ1v) is 9.05. The number of nitrogens with one attached hydrogen (secondary N) is 2. The van der Waals surface area contributed by atoms with E-state index in [2.05, 4.69) is 15.6 Å². The van der Waals surface area contributed by atoms with Gasteiger partial charge in [0.05, 0.1) is 11.6 Å². The summed E-state index contributed by atoms with van der Waals surface area (Å²) >= 11 is 1.48. The zero-order chi connectivity index (χ0) is 17.1. The molecular formula is C18H21N3O2S. The maximum absolute atomic E-state index is 12.3. The van der Waals surface area contributed by atoms with Crippen LogP contribution in [0.3, 0.4) is 0 Å². The van der Waals surface area contributed by atoms with Gasteiger partial charge in [-0.15, -0.1) is 11.3 Å². The van der Waals surface area contributed by atoms with Crippen LogP contribution >= 0.6 is 11.3 Å². The van der Waals surface area contributed by atoms with Gasteiger partial charge in [-0.05, 0) is 45.2 Å².